The summed E-state index contributed by atoms with van der Waals surface area (Å²) in [5.74, 6) is 0.312. The maximum absolute atomic E-state index is 13.2. The molecule has 2 aliphatic rings. The lowest BCUT2D eigenvalue weighted by Gasteiger charge is -2.42. The number of aromatic amines is 1. The zero-order chi connectivity index (χ0) is 16.3. The van der Waals surface area contributed by atoms with E-state index < -0.39 is 5.54 Å². The largest absolute Gasteiger partial charge is 0.342 e. The van der Waals surface area contributed by atoms with Crippen LogP contribution in [-0.2, 0) is 9.59 Å². The van der Waals surface area contributed by atoms with Gasteiger partial charge in [-0.2, -0.15) is 5.10 Å². The quantitative estimate of drug-likeness (QED) is 0.894. The van der Waals surface area contributed by atoms with Crippen LogP contribution in [0.5, 0.6) is 0 Å². The number of piperidine rings is 1. The molecule has 0 aromatic carbocycles. The fourth-order valence-electron chi connectivity index (χ4n) is 4.10. The third-order valence-electron chi connectivity index (χ3n) is 5.20. The number of amides is 2. The minimum absolute atomic E-state index is 0.108. The number of hydrogen-bond acceptors (Lipinski definition) is 3. The predicted molar refractivity (Wildman–Crippen MR) is 86.8 cm³/mol. The van der Waals surface area contributed by atoms with E-state index in [9.17, 15) is 9.59 Å². The van der Waals surface area contributed by atoms with Crippen molar-refractivity contribution in [1.82, 2.24) is 20.4 Å². The molecule has 1 aromatic heterocycles. The molecule has 6 nitrogen and oxygen atoms in total. The first-order valence-electron chi connectivity index (χ1n) is 8.68. The fraction of sp³-hybridized carbons (Fsp3) is 0.706. The zero-order valence-corrected chi connectivity index (χ0v) is 13.8. The van der Waals surface area contributed by atoms with Crippen molar-refractivity contribution in [2.24, 2.45) is 0 Å². The summed E-state index contributed by atoms with van der Waals surface area (Å²) in [6, 6.07) is 1.99. The normalized spacial score (nSPS) is 24.2. The number of nitrogens with one attached hydrogen (secondary N) is 2. The SMILES string of the molecule is CC(=O)NC1(C(=O)N2CCC[C@H](c3ccn[nH]3)C2)CCCCC1. The van der Waals surface area contributed by atoms with Gasteiger partial charge in [0.1, 0.15) is 5.54 Å². The van der Waals surface area contributed by atoms with Gasteiger partial charge in [0.15, 0.2) is 0 Å². The molecule has 1 saturated carbocycles. The van der Waals surface area contributed by atoms with E-state index in [0.717, 1.165) is 57.2 Å². The highest BCUT2D eigenvalue weighted by atomic mass is 16.2. The van der Waals surface area contributed by atoms with Crippen molar-refractivity contribution in [3.63, 3.8) is 0 Å². The van der Waals surface area contributed by atoms with Gasteiger partial charge in [-0.05, 0) is 31.7 Å². The molecule has 2 fully saturated rings. The summed E-state index contributed by atoms with van der Waals surface area (Å²) in [5.41, 5.74) is 0.416. The Balaban J connectivity index is 1.75. The summed E-state index contributed by atoms with van der Waals surface area (Å²) in [5, 5.41) is 10.0. The Hall–Kier alpha value is -1.85. The molecule has 1 aliphatic carbocycles. The molecule has 0 spiro atoms. The molecule has 2 heterocycles. The second-order valence-electron chi connectivity index (χ2n) is 6.93. The van der Waals surface area contributed by atoms with E-state index >= 15 is 0 Å². The average molecular weight is 318 g/mol. The van der Waals surface area contributed by atoms with Crippen LogP contribution < -0.4 is 5.32 Å². The standard InChI is InChI=1S/C17H26N4O2/c1-13(22)19-17(8-3-2-4-9-17)16(23)21-11-5-6-14(12-21)15-7-10-18-20-15/h7,10,14H,2-6,8-9,11-12H2,1H3,(H,18,20)(H,19,22)/t14-/m0/s1. The van der Waals surface area contributed by atoms with Crippen molar-refractivity contribution in [2.75, 3.05) is 13.1 Å². The van der Waals surface area contributed by atoms with Crippen LogP contribution in [-0.4, -0.2) is 45.5 Å². The Labute approximate surface area is 137 Å². The van der Waals surface area contributed by atoms with Crippen molar-refractivity contribution in [1.29, 1.82) is 0 Å². The lowest BCUT2D eigenvalue weighted by atomic mass is 9.79. The highest BCUT2D eigenvalue weighted by Gasteiger charge is 2.43. The van der Waals surface area contributed by atoms with Crippen LogP contribution in [0, 0.1) is 0 Å². The molecular formula is C17H26N4O2. The predicted octanol–water partition coefficient (Wildman–Crippen LogP) is 1.95. The lowest BCUT2D eigenvalue weighted by molar-refractivity contribution is -0.144. The molecule has 0 bridgehead atoms. The molecule has 23 heavy (non-hydrogen) atoms. The third kappa shape index (κ3) is 3.41. The Morgan fingerprint density at radius 1 is 1.30 bits per heavy atom. The van der Waals surface area contributed by atoms with Crippen LogP contribution in [0.4, 0.5) is 0 Å². The smallest absolute Gasteiger partial charge is 0.248 e. The van der Waals surface area contributed by atoms with Gasteiger partial charge in [0.2, 0.25) is 11.8 Å². The Kier molecular flexibility index (Phi) is 4.68. The van der Waals surface area contributed by atoms with Crippen LogP contribution >= 0.6 is 0 Å². The molecule has 0 radical (unpaired) electrons. The lowest BCUT2D eigenvalue weighted by Crippen LogP contribution is -2.61. The number of hydrogen-bond donors (Lipinski definition) is 2. The molecule has 1 atom stereocenters. The highest BCUT2D eigenvalue weighted by Crippen LogP contribution is 2.33. The number of nitrogens with zero attached hydrogens (tertiary/aromatic N) is 2. The van der Waals surface area contributed by atoms with Gasteiger partial charge in [0.05, 0.1) is 0 Å². The average Bonchev–Trinajstić information content (AvgIpc) is 3.09. The number of rotatable bonds is 3. The molecule has 1 aliphatic heterocycles. The van der Waals surface area contributed by atoms with E-state index in [2.05, 4.69) is 15.5 Å². The van der Waals surface area contributed by atoms with Crippen LogP contribution in [0.3, 0.4) is 0 Å². The summed E-state index contributed by atoms with van der Waals surface area (Å²) in [6.45, 7) is 3.00. The van der Waals surface area contributed by atoms with Crippen molar-refractivity contribution >= 4 is 11.8 Å². The molecule has 126 valence electrons. The van der Waals surface area contributed by atoms with Crippen LogP contribution in [0.15, 0.2) is 12.3 Å². The maximum Gasteiger partial charge on any atom is 0.248 e. The van der Waals surface area contributed by atoms with E-state index in [-0.39, 0.29) is 11.8 Å². The number of carbonyl (C=O) groups is 2. The summed E-state index contributed by atoms with van der Waals surface area (Å²) >= 11 is 0. The molecule has 1 aromatic rings. The molecule has 1 saturated heterocycles. The number of likely N-dealkylation sites (tertiary alicyclic amines) is 1. The highest BCUT2D eigenvalue weighted by molar-refractivity contribution is 5.91. The van der Waals surface area contributed by atoms with Gasteiger partial charge >= 0.3 is 0 Å². The van der Waals surface area contributed by atoms with E-state index in [0.29, 0.717) is 12.5 Å². The number of aromatic nitrogens is 2. The number of H-pyrrole nitrogens is 1. The second kappa shape index (κ2) is 6.72. The first-order chi connectivity index (χ1) is 11.1. The monoisotopic (exact) mass is 318 g/mol. The molecule has 3 rings (SSSR count). The van der Waals surface area contributed by atoms with E-state index in [1.807, 2.05) is 11.0 Å². The van der Waals surface area contributed by atoms with Crippen LogP contribution in [0.25, 0.3) is 0 Å². The topological polar surface area (TPSA) is 78.1 Å². The van der Waals surface area contributed by atoms with Crippen molar-refractivity contribution < 1.29 is 9.59 Å². The van der Waals surface area contributed by atoms with Gasteiger partial charge in [-0.15, -0.1) is 0 Å². The van der Waals surface area contributed by atoms with Gasteiger partial charge in [-0.3, -0.25) is 14.7 Å². The minimum Gasteiger partial charge on any atom is -0.342 e. The van der Waals surface area contributed by atoms with Gasteiger partial charge in [-0.1, -0.05) is 19.3 Å². The molecule has 2 N–H and O–H groups in total. The first kappa shape index (κ1) is 16.0. The summed E-state index contributed by atoms with van der Waals surface area (Å²) in [7, 11) is 0. The Morgan fingerprint density at radius 3 is 2.74 bits per heavy atom. The van der Waals surface area contributed by atoms with Gasteiger partial charge in [0.25, 0.3) is 0 Å². The molecule has 2 amide bonds. The third-order valence-corrected chi connectivity index (χ3v) is 5.20. The van der Waals surface area contributed by atoms with Gasteiger partial charge < -0.3 is 10.2 Å². The van der Waals surface area contributed by atoms with Crippen LogP contribution in [0.2, 0.25) is 0 Å². The molecular weight excluding hydrogens is 292 g/mol. The Morgan fingerprint density at radius 2 is 2.09 bits per heavy atom. The Bertz CT molecular complexity index is 549. The molecule has 6 heteroatoms. The van der Waals surface area contributed by atoms with Crippen molar-refractivity contribution in [3.8, 4) is 0 Å². The second-order valence-corrected chi connectivity index (χ2v) is 6.93. The summed E-state index contributed by atoms with van der Waals surface area (Å²) in [6.07, 6.45) is 8.49. The van der Waals surface area contributed by atoms with Gasteiger partial charge in [-0.25, -0.2) is 0 Å². The van der Waals surface area contributed by atoms with E-state index in [1.165, 1.54) is 6.92 Å². The van der Waals surface area contributed by atoms with E-state index in [4.69, 9.17) is 0 Å². The van der Waals surface area contributed by atoms with E-state index in [1.54, 1.807) is 6.20 Å². The number of carbonyl (C=O) groups excluding carboxylic acids is 2. The summed E-state index contributed by atoms with van der Waals surface area (Å²) < 4.78 is 0. The minimum atomic E-state index is -0.681. The van der Waals surface area contributed by atoms with Crippen molar-refractivity contribution in [3.05, 3.63) is 18.0 Å². The first-order valence-corrected chi connectivity index (χ1v) is 8.68. The maximum atomic E-state index is 13.2. The molecule has 0 unspecified atom stereocenters. The van der Waals surface area contributed by atoms with Crippen LogP contribution in [0.1, 0.15) is 63.5 Å². The van der Waals surface area contributed by atoms with Gasteiger partial charge in [0, 0.05) is 37.8 Å². The zero-order valence-electron chi connectivity index (χ0n) is 13.8. The fourth-order valence-corrected chi connectivity index (χ4v) is 4.10. The summed E-state index contributed by atoms with van der Waals surface area (Å²) in [4.78, 5) is 26.8. The van der Waals surface area contributed by atoms with Crippen molar-refractivity contribution in [2.45, 2.75) is 63.3 Å².